The molecule has 2 fully saturated rings. The number of morpholine rings is 1. The summed E-state index contributed by atoms with van der Waals surface area (Å²) >= 11 is 0. The molecule has 0 radical (unpaired) electrons. The minimum atomic E-state index is -3.48. The van der Waals surface area contributed by atoms with Crippen LogP contribution in [0.3, 0.4) is 0 Å². The van der Waals surface area contributed by atoms with Gasteiger partial charge in [0.05, 0.1) is 24.2 Å². The lowest BCUT2D eigenvalue weighted by Gasteiger charge is -2.26. The van der Waals surface area contributed by atoms with Gasteiger partial charge in [0.25, 0.3) is 0 Å². The number of ether oxygens (including phenoxy) is 1. The second kappa shape index (κ2) is 9.71. The van der Waals surface area contributed by atoms with E-state index < -0.39 is 45.1 Å². The third-order valence-corrected chi connectivity index (χ3v) is 5.19. The van der Waals surface area contributed by atoms with Gasteiger partial charge in [-0.25, -0.2) is 9.97 Å². The number of carbonyl (C=O) groups is 1. The molecule has 9 heteroatoms. The lowest BCUT2D eigenvalue weighted by atomic mass is 10.1. The molecule has 5 rings (SSSR count). The van der Waals surface area contributed by atoms with Gasteiger partial charge >= 0.3 is 0 Å². The van der Waals surface area contributed by atoms with Crippen molar-refractivity contribution in [2.75, 3.05) is 43.7 Å². The van der Waals surface area contributed by atoms with Crippen LogP contribution >= 0.6 is 0 Å². The molecule has 1 amide bonds. The highest BCUT2D eigenvalue weighted by atomic mass is 16.5. The minimum absolute atomic E-state index is 0.0518. The lowest BCUT2D eigenvalue weighted by molar-refractivity contribution is -0.117. The van der Waals surface area contributed by atoms with E-state index in [2.05, 4.69) is 47.4 Å². The quantitative estimate of drug-likeness (QED) is 0.547. The minimum Gasteiger partial charge on any atom is -0.379 e. The summed E-state index contributed by atoms with van der Waals surface area (Å²) in [5.41, 5.74) is -0.0888. The van der Waals surface area contributed by atoms with Gasteiger partial charge in [0.2, 0.25) is 5.91 Å². The second-order valence-corrected chi connectivity index (χ2v) is 7.61. The van der Waals surface area contributed by atoms with Crippen molar-refractivity contribution in [1.29, 1.82) is 0 Å². The van der Waals surface area contributed by atoms with E-state index in [0.29, 0.717) is 5.39 Å². The summed E-state index contributed by atoms with van der Waals surface area (Å²) in [6.07, 6.45) is 2.94. The van der Waals surface area contributed by atoms with Gasteiger partial charge in [-0.05, 0) is 36.0 Å². The Morgan fingerprint density at radius 2 is 2.15 bits per heavy atom. The summed E-state index contributed by atoms with van der Waals surface area (Å²) in [6.45, 7) is -17.6. The Morgan fingerprint density at radius 3 is 2.88 bits per heavy atom. The van der Waals surface area contributed by atoms with Gasteiger partial charge in [-0.15, -0.1) is 10.2 Å². The molecule has 4 heterocycles. The monoisotopic (exact) mass is 470 g/mol. The van der Waals surface area contributed by atoms with E-state index in [0.717, 1.165) is 18.7 Å². The van der Waals surface area contributed by atoms with E-state index in [1.54, 1.807) is 0 Å². The maximum Gasteiger partial charge on any atom is 0.228 e. The van der Waals surface area contributed by atoms with Crippen molar-refractivity contribution >= 4 is 28.4 Å². The number of hydrogen-bond acceptors (Lipinski definition) is 8. The molecule has 3 aromatic rings. The van der Waals surface area contributed by atoms with Gasteiger partial charge in [-0.3, -0.25) is 9.69 Å². The SMILES string of the molecule is [2H]C([2H])([2H])Nc1ncc(C#Cc2ccc(C([2H])([2H])N3C([2H])([2H])C([2H])([2H])OC([2H])([2H])C3([2H])[2H])cn2)c2cc(NC(=O)[C@H]3C[C@H]3C)nnc12. The van der Waals surface area contributed by atoms with E-state index in [1.807, 2.05) is 6.92 Å². The van der Waals surface area contributed by atoms with Gasteiger partial charge in [-0.2, -0.15) is 0 Å². The predicted molar refractivity (Wildman–Crippen MR) is 129 cm³/mol. The van der Waals surface area contributed by atoms with E-state index in [4.69, 9.17) is 17.8 Å². The number of nitrogens with one attached hydrogen (secondary N) is 2. The van der Waals surface area contributed by atoms with Crippen LogP contribution in [0, 0.1) is 23.7 Å². The van der Waals surface area contributed by atoms with E-state index in [-0.39, 0.29) is 51.1 Å². The van der Waals surface area contributed by atoms with Crippen LogP contribution in [0.4, 0.5) is 11.6 Å². The molecule has 1 aliphatic carbocycles. The molecule has 0 spiro atoms. The molecular weight excluding hydrogens is 430 g/mol. The number of carbonyl (C=O) groups excluding carboxylic acids is 1. The third kappa shape index (κ3) is 4.98. The summed E-state index contributed by atoms with van der Waals surface area (Å²) in [7, 11) is 0. The number of rotatable bonds is 5. The highest BCUT2D eigenvalue weighted by Crippen LogP contribution is 2.38. The molecule has 0 bridgehead atoms. The van der Waals surface area contributed by atoms with Crippen LogP contribution in [0.25, 0.3) is 10.9 Å². The first-order valence-electron chi connectivity index (χ1n) is 16.7. The van der Waals surface area contributed by atoms with Crippen LogP contribution in [-0.4, -0.2) is 64.1 Å². The van der Waals surface area contributed by atoms with Crippen LogP contribution in [0.15, 0.2) is 30.6 Å². The highest BCUT2D eigenvalue weighted by Gasteiger charge is 2.39. The zero-order valence-electron chi connectivity index (χ0n) is 30.8. The first-order chi connectivity index (χ1) is 21.5. The number of anilines is 2. The normalized spacial score (nSPS) is 32.2. The Labute approximate surface area is 216 Å². The molecule has 0 aromatic carbocycles. The Hall–Kier alpha value is -3.61. The Bertz CT molecular complexity index is 1760. The summed E-state index contributed by atoms with van der Waals surface area (Å²) in [4.78, 5) is 20.5. The Morgan fingerprint density at radius 1 is 1.29 bits per heavy atom. The van der Waals surface area contributed by atoms with Crippen LogP contribution in [0.1, 0.15) is 48.0 Å². The van der Waals surface area contributed by atoms with E-state index in [1.165, 1.54) is 18.3 Å². The molecule has 34 heavy (non-hydrogen) atoms. The predicted octanol–water partition coefficient (Wildman–Crippen LogP) is 2.29. The first-order valence-corrected chi connectivity index (χ1v) is 10.2. The van der Waals surface area contributed by atoms with Gasteiger partial charge in [-0.1, -0.05) is 18.9 Å². The number of aromatic nitrogens is 4. The molecule has 174 valence electrons. The van der Waals surface area contributed by atoms with Crippen LogP contribution in [0.2, 0.25) is 0 Å². The maximum atomic E-state index is 12.5. The van der Waals surface area contributed by atoms with Crippen molar-refractivity contribution in [2.24, 2.45) is 11.8 Å². The van der Waals surface area contributed by atoms with E-state index in [9.17, 15) is 4.79 Å². The Kier molecular flexibility index (Phi) is 3.34. The van der Waals surface area contributed by atoms with Crippen molar-refractivity contribution in [2.45, 2.75) is 19.8 Å². The first kappa shape index (κ1) is 11.7. The van der Waals surface area contributed by atoms with Crippen molar-refractivity contribution in [1.82, 2.24) is 25.1 Å². The van der Waals surface area contributed by atoms with Crippen molar-refractivity contribution in [3.8, 4) is 11.8 Å². The smallest absolute Gasteiger partial charge is 0.228 e. The summed E-state index contributed by atoms with van der Waals surface area (Å²) in [6, 6.07) is 3.81. The standard InChI is InChI=1S/C25H27N7O2/c1-16-11-20(16)25(33)29-22-12-21-18(14-28-24(26-2)23(21)31-30-22)4-6-19-5-3-17(13-27-19)15-32-7-9-34-10-8-32/h3,5,12-14,16,20H,7-11,15H2,1-2H3,(H,26,28)(H,29,30,33)/t16-,20+/m1/s1/i2D3,7D2,8D2,9D2,10D2,15D2. The zero-order chi connectivity index (χ0) is 35.0. The van der Waals surface area contributed by atoms with Gasteiger partial charge in [0.1, 0.15) is 11.2 Å². The maximum absolute atomic E-state index is 12.5. The van der Waals surface area contributed by atoms with Crippen LogP contribution < -0.4 is 10.6 Å². The van der Waals surface area contributed by atoms with Gasteiger partial charge in [0.15, 0.2) is 11.6 Å². The molecular formula is C25H27N7O2. The third-order valence-electron chi connectivity index (χ3n) is 5.19. The fourth-order valence-electron chi connectivity index (χ4n) is 3.23. The molecule has 1 aliphatic heterocycles. The number of pyridine rings is 2. The molecule has 9 nitrogen and oxygen atoms in total. The fraction of sp³-hybridized carbons (Fsp3) is 0.400. The van der Waals surface area contributed by atoms with E-state index >= 15 is 0 Å². The van der Waals surface area contributed by atoms with Gasteiger partial charge in [0, 0.05) is 62.5 Å². The molecule has 0 unspecified atom stereocenters. The molecule has 2 aliphatic rings. The largest absolute Gasteiger partial charge is 0.379 e. The van der Waals surface area contributed by atoms with Crippen molar-refractivity contribution in [3.05, 3.63) is 47.4 Å². The Balaban J connectivity index is 1.49. The summed E-state index contributed by atoms with van der Waals surface area (Å²) in [5.74, 6) is 5.42. The molecule has 1 saturated heterocycles. The van der Waals surface area contributed by atoms with Crippen molar-refractivity contribution in [3.63, 3.8) is 0 Å². The van der Waals surface area contributed by atoms with Crippen LogP contribution in [0.5, 0.6) is 0 Å². The molecule has 3 aromatic heterocycles. The molecule has 1 saturated carbocycles. The van der Waals surface area contributed by atoms with Gasteiger partial charge < -0.3 is 15.4 Å². The summed E-state index contributed by atoms with van der Waals surface area (Å²) < 4.78 is 108. The number of fused-ring (bicyclic) bond motifs is 1. The number of amides is 1. The van der Waals surface area contributed by atoms with Crippen molar-refractivity contribution < 1.29 is 27.4 Å². The fourth-order valence-corrected chi connectivity index (χ4v) is 3.23. The van der Waals surface area contributed by atoms with Crippen LogP contribution in [-0.2, 0) is 16.0 Å². The summed E-state index contributed by atoms with van der Waals surface area (Å²) in [5, 5.41) is 13.3. The highest BCUT2D eigenvalue weighted by molar-refractivity contribution is 5.97. The molecule has 2 atom stereocenters. The second-order valence-electron chi connectivity index (χ2n) is 7.61. The lowest BCUT2D eigenvalue weighted by Crippen LogP contribution is -2.35. The number of nitrogens with zero attached hydrogens (tertiary/aromatic N) is 5. The topological polar surface area (TPSA) is 105 Å². The zero-order valence-corrected chi connectivity index (χ0v) is 17.8. The average molecular weight is 471 g/mol. The molecule has 2 N–H and O–H groups in total. The number of hydrogen-bond donors (Lipinski definition) is 2. The average Bonchev–Trinajstić information content (AvgIpc) is 3.67.